The Morgan fingerprint density at radius 2 is 1.88 bits per heavy atom. The molecule has 1 N–H and O–H groups in total. The number of hydrogen-bond acceptors (Lipinski definition) is 3. The van der Waals surface area contributed by atoms with Crippen LogP contribution < -0.4 is 5.32 Å². The largest absolute Gasteiger partial charge is 0.381 e. The first kappa shape index (κ1) is 13.9. The second kappa shape index (κ2) is 5.99. The molecule has 1 rings (SSSR count). The van der Waals surface area contributed by atoms with Gasteiger partial charge in [0.15, 0.2) is 0 Å². The first-order chi connectivity index (χ1) is 7.47. The SMILES string of the molecule is CNCC1(CCOC(C)(C)C)CCOCC1. The van der Waals surface area contributed by atoms with Crippen molar-refractivity contribution < 1.29 is 9.47 Å². The molecule has 0 saturated carbocycles. The molecular weight excluding hydrogens is 202 g/mol. The monoisotopic (exact) mass is 229 g/mol. The Morgan fingerprint density at radius 1 is 1.25 bits per heavy atom. The van der Waals surface area contributed by atoms with Crippen molar-refractivity contribution in [2.24, 2.45) is 5.41 Å². The van der Waals surface area contributed by atoms with Gasteiger partial charge in [-0.2, -0.15) is 0 Å². The predicted molar refractivity (Wildman–Crippen MR) is 66.7 cm³/mol. The molecule has 0 aromatic heterocycles. The molecule has 0 radical (unpaired) electrons. The maximum Gasteiger partial charge on any atom is 0.0598 e. The standard InChI is InChI=1S/C13H27NO2/c1-12(2,3)16-10-7-13(11-14-4)5-8-15-9-6-13/h14H,5-11H2,1-4H3. The van der Waals surface area contributed by atoms with Gasteiger partial charge in [0.05, 0.1) is 5.60 Å². The third-order valence-corrected chi connectivity index (χ3v) is 3.27. The molecule has 1 heterocycles. The second-order valence-corrected chi connectivity index (χ2v) is 5.85. The zero-order valence-corrected chi connectivity index (χ0v) is 11.3. The highest BCUT2D eigenvalue weighted by Gasteiger charge is 2.31. The van der Waals surface area contributed by atoms with Crippen LogP contribution in [0, 0.1) is 5.41 Å². The van der Waals surface area contributed by atoms with Crippen LogP contribution in [0.2, 0.25) is 0 Å². The van der Waals surface area contributed by atoms with Crippen LogP contribution >= 0.6 is 0 Å². The number of rotatable bonds is 5. The summed E-state index contributed by atoms with van der Waals surface area (Å²) in [6, 6.07) is 0. The van der Waals surface area contributed by atoms with E-state index in [1.807, 2.05) is 7.05 Å². The summed E-state index contributed by atoms with van der Waals surface area (Å²) >= 11 is 0. The highest BCUT2D eigenvalue weighted by Crippen LogP contribution is 2.33. The summed E-state index contributed by atoms with van der Waals surface area (Å²) in [6.45, 7) is 10.1. The third-order valence-electron chi connectivity index (χ3n) is 3.27. The van der Waals surface area contributed by atoms with Crippen molar-refractivity contribution in [2.45, 2.75) is 45.6 Å². The van der Waals surface area contributed by atoms with Gasteiger partial charge in [-0.3, -0.25) is 0 Å². The van der Waals surface area contributed by atoms with Gasteiger partial charge in [0.1, 0.15) is 0 Å². The summed E-state index contributed by atoms with van der Waals surface area (Å²) in [7, 11) is 2.03. The van der Waals surface area contributed by atoms with E-state index in [0.717, 1.165) is 45.6 Å². The van der Waals surface area contributed by atoms with Crippen LogP contribution in [-0.2, 0) is 9.47 Å². The van der Waals surface area contributed by atoms with Gasteiger partial charge in [0.25, 0.3) is 0 Å². The molecule has 3 nitrogen and oxygen atoms in total. The minimum Gasteiger partial charge on any atom is -0.381 e. The van der Waals surface area contributed by atoms with E-state index >= 15 is 0 Å². The van der Waals surface area contributed by atoms with Crippen molar-refractivity contribution >= 4 is 0 Å². The van der Waals surface area contributed by atoms with Gasteiger partial charge in [-0.25, -0.2) is 0 Å². The van der Waals surface area contributed by atoms with Gasteiger partial charge < -0.3 is 14.8 Å². The van der Waals surface area contributed by atoms with Crippen LogP contribution in [0.3, 0.4) is 0 Å². The Labute approximate surface area is 99.9 Å². The molecule has 0 aromatic carbocycles. The van der Waals surface area contributed by atoms with Gasteiger partial charge >= 0.3 is 0 Å². The minimum absolute atomic E-state index is 0.0218. The van der Waals surface area contributed by atoms with Crippen LogP contribution in [0.4, 0.5) is 0 Å². The lowest BCUT2D eigenvalue weighted by atomic mass is 9.77. The molecular formula is C13H27NO2. The highest BCUT2D eigenvalue weighted by molar-refractivity contribution is 4.83. The van der Waals surface area contributed by atoms with Gasteiger partial charge in [-0.05, 0) is 52.5 Å². The Kier molecular flexibility index (Phi) is 5.22. The molecule has 0 amide bonds. The summed E-state index contributed by atoms with van der Waals surface area (Å²) in [4.78, 5) is 0. The first-order valence-electron chi connectivity index (χ1n) is 6.34. The minimum atomic E-state index is -0.0218. The zero-order valence-electron chi connectivity index (χ0n) is 11.3. The van der Waals surface area contributed by atoms with Gasteiger partial charge in [0, 0.05) is 26.4 Å². The Balaban J connectivity index is 2.38. The lowest BCUT2D eigenvalue weighted by Gasteiger charge is -2.37. The molecule has 0 aromatic rings. The van der Waals surface area contributed by atoms with Crippen LogP contribution in [0.25, 0.3) is 0 Å². The van der Waals surface area contributed by atoms with E-state index in [2.05, 4.69) is 26.1 Å². The van der Waals surface area contributed by atoms with E-state index in [1.54, 1.807) is 0 Å². The quantitative estimate of drug-likeness (QED) is 0.784. The molecule has 3 heteroatoms. The molecule has 0 unspecified atom stereocenters. The fraction of sp³-hybridized carbons (Fsp3) is 1.00. The molecule has 0 bridgehead atoms. The van der Waals surface area contributed by atoms with Crippen LogP contribution in [0.5, 0.6) is 0 Å². The van der Waals surface area contributed by atoms with Gasteiger partial charge in [0.2, 0.25) is 0 Å². The summed E-state index contributed by atoms with van der Waals surface area (Å²) in [5, 5.41) is 3.31. The molecule has 1 saturated heterocycles. The Hall–Kier alpha value is -0.120. The van der Waals surface area contributed by atoms with Crippen LogP contribution in [0.1, 0.15) is 40.0 Å². The topological polar surface area (TPSA) is 30.5 Å². The van der Waals surface area contributed by atoms with E-state index in [9.17, 15) is 0 Å². The molecule has 1 aliphatic rings. The van der Waals surface area contributed by atoms with E-state index in [-0.39, 0.29) is 5.60 Å². The highest BCUT2D eigenvalue weighted by atomic mass is 16.5. The van der Waals surface area contributed by atoms with Crippen molar-refractivity contribution in [3.8, 4) is 0 Å². The van der Waals surface area contributed by atoms with E-state index in [4.69, 9.17) is 9.47 Å². The molecule has 16 heavy (non-hydrogen) atoms. The Morgan fingerprint density at radius 3 is 2.38 bits per heavy atom. The van der Waals surface area contributed by atoms with Crippen molar-refractivity contribution in [3.63, 3.8) is 0 Å². The summed E-state index contributed by atoms with van der Waals surface area (Å²) in [5.74, 6) is 0. The normalized spacial score (nSPS) is 21.0. The summed E-state index contributed by atoms with van der Waals surface area (Å²) < 4.78 is 11.3. The molecule has 96 valence electrons. The maximum absolute atomic E-state index is 5.83. The lowest BCUT2D eigenvalue weighted by Crippen LogP contribution is -2.39. The number of hydrogen-bond donors (Lipinski definition) is 1. The molecule has 1 aliphatic heterocycles. The molecule has 0 aliphatic carbocycles. The van der Waals surface area contributed by atoms with Crippen LogP contribution in [-0.4, -0.2) is 39.0 Å². The third kappa shape index (κ3) is 4.81. The van der Waals surface area contributed by atoms with Crippen molar-refractivity contribution in [1.29, 1.82) is 0 Å². The van der Waals surface area contributed by atoms with Crippen molar-refractivity contribution in [1.82, 2.24) is 5.32 Å². The molecule has 1 fully saturated rings. The molecule has 0 spiro atoms. The fourth-order valence-corrected chi connectivity index (χ4v) is 2.27. The van der Waals surface area contributed by atoms with Crippen LogP contribution in [0.15, 0.2) is 0 Å². The number of nitrogens with one attached hydrogen (secondary N) is 1. The van der Waals surface area contributed by atoms with E-state index in [1.165, 1.54) is 0 Å². The first-order valence-corrected chi connectivity index (χ1v) is 6.34. The summed E-state index contributed by atoms with van der Waals surface area (Å²) in [6.07, 6.45) is 3.44. The smallest absolute Gasteiger partial charge is 0.0598 e. The predicted octanol–water partition coefficient (Wildman–Crippen LogP) is 2.21. The Bertz CT molecular complexity index is 187. The average molecular weight is 229 g/mol. The van der Waals surface area contributed by atoms with E-state index in [0.29, 0.717) is 5.41 Å². The fourth-order valence-electron chi connectivity index (χ4n) is 2.27. The maximum atomic E-state index is 5.83. The second-order valence-electron chi connectivity index (χ2n) is 5.85. The van der Waals surface area contributed by atoms with Crippen molar-refractivity contribution in [2.75, 3.05) is 33.4 Å². The van der Waals surface area contributed by atoms with Gasteiger partial charge in [-0.15, -0.1) is 0 Å². The lowest BCUT2D eigenvalue weighted by molar-refractivity contribution is -0.0426. The molecule has 0 atom stereocenters. The van der Waals surface area contributed by atoms with Gasteiger partial charge in [-0.1, -0.05) is 0 Å². The summed E-state index contributed by atoms with van der Waals surface area (Å²) in [5.41, 5.74) is 0.365. The number of ether oxygens (including phenoxy) is 2. The average Bonchev–Trinajstić information content (AvgIpc) is 2.17. The van der Waals surface area contributed by atoms with Crippen molar-refractivity contribution in [3.05, 3.63) is 0 Å². The van der Waals surface area contributed by atoms with E-state index < -0.39 is 0 Å². The zero-order chi connectivity index (χ0) is 12.1.